The molecule has 1 heterocycles. The van der Waals surface area contributed by atoms with Gasteiger partial charge in [0.2, 0.25) is 5.91 Å². The van der Waals surface area contributed by atoms with Crippen LogP contribution in [0.1, 0.15) is 55.3 Å². The van der Waals surface area contributed by atoms with Crippen molar-refractivity contribution in [1.82, 2.24) is 4.90 Å². The molecule has 2 aromatic carbocycles. The van der Waals surface area contributed by atoms with E-state index in [-0.39, 0.29) is 35.5 Å². The lowest BCUT2D eigenvalue weighted by molar-refractivity contribution is -0.384. The predicted molar refractivity (Wildman–Crippen MR) is 125 cm³/mol. The maximum Gasteiger partial charge on any atom is 0.269 e. The minimum Gasteiger partial charge on any atom is -0.497 e. The van der Waals surface area contributed by atoms with E-state index in [0.29, 0.717) is 11.4 Å². The minimum atomic E-state index is -0.916. The number of hydrogen-bond acceptors (Lipinski definition) is 6. The third-order valence-electron chi connectivity index (χ3n) is 6.57. The van der Waals surface area contributed by atoms with Gasteiger partial charge in [0.15, 0.2) is 0 Å². The summed E-state index contributed by atoms with van der Waals surface area (Å²) in [6.07, 6.45) is 5.40. The summed E-state index contributed by atoms with van der Waals surface area (Å²) in [5.41, 5.74) is 0.579. The van der Waals surface area contributed by atoms with E-state index < -0.39 is 16.9 Å². The number of ether oxygens (including phenoxy) is 1. The number of nitrogens with zero attached hydrogens (tertiary/aromatic N) is 3. The standard InChI is InChI=1S/C25H27N3O6/c1-34-21-14-12-19(13-15-21)27-23(29)16-22(25(27)31)26(18-6-4-2-3-5-7-18)24(30)17-8-10-20(11-9-17)28(32)33/h8-15,18,22H,2-7,16H2,1H3. The van der Waals surface area contributed by atoms with E-state index in [0.717, 1.165) is 43.4 Å². The molecule has 9 nitrogen and oxygen atoms in total. The summed E-state index contributed by atoms with van der Waals surface area (Å²) in [5.74, 6) is -0.581. The van der Waals surface area contributed by atoms with Gasteiger partial charge in [-0.1, -0.05) is 25.7 Å². The van der Waals surface area contributed by atoms with Crippen LogP contribution in [-0.2, 0) is 9.59 Å². The van der Waals surface area contributed by atoms with Crippen LogP contribution in [0.25, 0.3) is 0 Å². The molecule has 2 aromatic rings. The van der Waals surface area contributed by atoms with Crippen molar-refractivity contribution in [3.8, 4) is 5.75 Å². The van der Waals surface area contributed by atoms with Crippen LogP contribution < -0.4 is 9.64 Å². The Balaban J connectivity index is 1.66. The first-order chi connectivity index (χ1) is 16.4. The van der Waals surface area contributed by atoms with Crippen LogP contribution in [0.3, 0.4) is 0 Å². The number of amides is 3. The number of benzene rings is 2. The smallest absolute Gasteiger partial charge is 0.269 e. The molecule has 3 amide bonds. The summed E-state index contributed by atoms with van der Waals surface area (Å²) in [4.78, 5) is 53.3. The Hall–Kier alpha value is -3.75. The van der Waals surface area contributed by atoms with E-state index >= 15 is 0 Å². The van der Waals surface area contributed by atoms with Gasteiger partial charge in [0.1, 0.15) is 11.8 Å². The lowest BCUT2D eigenvalue weighted by Gasteiger charge is -2.35. The molecule has 0 N–H and O–H groups in total. The molecule has 1 unspecified atom stereocenters. The van der Waals surface area contributed by atoms with Crippen LogP contribution in [0.5, 0.6) is 5.75 Å². The Morgan fingerprint density at radius 2 is 1.62 bits per heavy atom. The van der Waals surface area contributed by atoms with Crippen LogP contribution in [0.4, 0.5) is 11.4 Å². The Morgan fingerprint density at radius 1 is 1.00 bits per heavy atom. The number of nitro benzene ring substituents is 1. The molecule has 1 atom stereocenters. The van der Waals surface area contributed by atoms with Crippen molar-refractivity contribution < 1.29 is 24.0 Å². The SMILES string of the molecule is COc1ccc(N2C(=O)CC(N(C(=O)c3ccc([N+](=O)[O-])cc3)C3CCCCCC3)C2=O)cc1. The molecular weight excluding hydrogens is 438 g/mol. The molecule has 34 heavy (non-hydrogen) atoms. The van der Waals surface area contributed by atoms with E-state index in [1.54, 1.807) is 29.2 Å². The molecule has 0 spiro atoms. The molecule has 4 rings (SSSR count). The first-order valence-corrected chi connectivity index (χ1v) is 11.5. The fraction of sp³-hybridized carbons (Fsp3) is 0.400. The first kappa shape index (κ1) is 23.4. The van der Waals surface area contributed by atoms with Crippen LogP contribution in [0, 0.1) is 10.1 Å². The van der Waals surface area contributed by atoms with Gasteiger partial charge in [0, 0.05) is 23.7 Å². The highest BCUT2D eigenvalue weighted by molar-refractivity contribution is 6.23. The zero-order chi connectivity index (χ0) is 24.2. The fourth-order valence-corrected chi connectivity index (χ4v) is 4.81. The molecule has 178 valence electrons. The zero-order valence-electron chi connectivity index (χ0n) is 19.0. The van der Waals surface area contributed by atoms with Gasteiger partial charge in [0.25, 0.3) is 17.5 Å². The Morgan fingerprint density at radius 3 is 2.18 bits per heavy atom. The number of methoxy groups -OCH3 is 1. The Kier molecular flexibility index (Phi) is 6.90. The third kappa shape index (κ3) is 4.64. The second kappa shape index (κ2) is 10.0. The monoisotopic (exact) mass is 465 g/mol. The minimum absolute atomic E-state index is 0.0971. The van der Waals surface area contributed by atoms with Crippen LogP contribution in [0.15, 0.2) is 48.5 Å². The van der Waals surface area contributed by atoms with E-state index in [2.05, 4.69) is 0 Å². The molecule has 1 saturated heterocycles. The summed E-state index contributed by atoms with van der Waals surface area (Å²) in [6.45, 7) is 0. The summed E-state index contributed by atoms with van der Waals surface area (Å²) in [7, 11) is 1.53. The topological polar surface area (TPSA) is 110 Å². The van der Waals surface area contributed by atoms with Crippen molar-refractivity contribution in [2.45, 2.75) is 57.0 Å². The molecular formula is C25H27N3O6. The second-order valence-electron chi connectivity index (χ2n) is 8.65. The maximum absolute atomic E-state index is 13.7. The summed E-state index contributed by atoms with van der Waals surface area (Å²) >= 11 is 0. The van der Waals surface area contributed by atoms with E-state index in [4.69, 9.17) is 4.74 Å². The zero-order valence-corrected chi connectivity index (χ0v) is 19.0. The molecule has 9 heteroatoms. The first-order valence-electron chi connectivity index (χ1n) is 11.5. The highest BCUT2D eigenvalue weighted by Gasteiger charge is 2.46. The molecule has 0 aromatic heterocycles. The van der Waals surface area contributed by atoms with Crippen LogP contribution in [-0.4, -0.2) is 46.7 Å². The van der Waals surface area contributed by atoms with Crippen molar-refractivity contribution >= 4 is 29.1 Å². The van der Waals surface area contributed by atoms with E-state index in [9.17, 15) is 24.5 Å². The predicted octanol–water partition coefficient (Wildman–Crippen LogP) is 4.10. The number of carbonyl (C=O) groups excluding carboxylic acids is 3. The van der Waals surface area contributed by atoms with Gasteiger partial charge in [0.05, 0.1) is 24.1 Å². The molecule has 0 bridgehead atoms. The Bertz CT molecular complexity index is 1070. The second-order valence-corrected chi connectivity index (χ2v) is 8.65. The number of rotatable bonds is 6. The van der Waals surface area contributed by atoms with E-state index in [1.807, 2.05) is 0 Å². The van der Waals surface area contributed by atoms with Gasteiger partial charge in [-0.25, -0.2) is 4.90 Å². The van der Waals surface area contributed by atoms with Crippen molar-refractivity contribution in [2.24, 2.45) is 0 Å². The summed E-state index contributed by atoms with van der Waals surface area (Å²) < 4.78 is 5.16. The fourth-order valence-electron chi connectivity index (χ4n) is 4.81. The average molecular weight is 466 g/mol. The summed E-state index contributed by atoms with van der Waals surface area (Å²) in [5, 5.41) is 11.0. The van der Waals surface area contributed by atoms with Crippen LogP contribution in [0.2, 0.25) is 0 Å². The molecule has 1 aliphatic heterocycles. The van der Waals surface area contributed by atoms with Gasteiger partial charge in [-0.15, -0.1) is 0 Å². The number of imide groups is 1. The highest BCUT2D eigenvalue weighted by atomic mass is 16.6. The van der Waals surface area contributed by atoms with Gasteiger partial charge in [-0.05, 0) is 49.2 Å². The molecule has 1 saturated carbocycles. The van der Waals surface area contributed by atoms with Gasteiger partial charge in [-0.2, -0.15) is 0 Å². The maximum atomic E-state index is 13.7. The largest absolute Gasteiger partial charge is 0.497 e. The van der Waals surface area contributed by atoms with Gasteiger partial charge in [-0.3, -0.25) is 24.5 Å². The quantitative estimate of drug-likeness (QED) is 0.275. The van der Waals surface area contributed by atoms with Crippen molar-refractivity contribution in [3.05, 3.63) is 64.2 Å². The summed E-state index contributed by atoms with van der Waals surface area (Å²) in [6, 6.07) is 10.9. The number of hydrogen-bond donors (Lipinski definition) is 0. The van der Waals surface area contributed by atoms with Crippen molar-refractivity contribution in [2.75, 3.05) is 12.0 Å². The molecule has 1 aliphatic carbocycles. The lowest BCUT2D eigenvalue weighted by atomic mass is 10.0. The molecule has 0 radical (unpaired) electrons. The van der Waals surface area contributed by atoms with Gasteiger partial charge < -0.3 is 9.64 Å². The number of carbonyl (C=O) groups is 3. The van der Waals surface area contributed by atoms with Crippen molar-refractivity contribution in [3.63, 3.8) is 0 Å². The molecule has 2 aliphatic rings. The average Bonchev–Trinajstić information content (AvgIpc) is 3.00. The van der Waals surface area contributed by atoms with E-state index in [1.165, 1.54) is 31.4 Å². The highest BCUT2D eigenvalue weighted by Crippen LogP contribution is 2.32. The Labute approximate surface area is 197 Å². The van der Waals surface area contributed by atoms with Crippen molar-refractivity contribution in [1.29, 1.82) is 0 Å². The molecule has 2 fully saturated rings. The normalized spacial score (nSPS) is 19.1. The third-order valence-corrected chi connectivity index (χ3v) is 6.57. The number of anilines is 1. The van der Waals surface area contributed by atoms with Gasteiger partial charge >= 0.3 is 0 Å². The lowest BCUT2D eigenvalue weighted by Crippen LogP contribution is -2.50. The number of nitro groups is 1. The number of non-ortho nitro benzene ring substituents is 1. The van der Waals surface area contributed by atoms with Crippen LogP contribution >= 0.6 is 0 Å².